The molecule has 19 heavy (non-hydrogen) atoms. The third-order valence-corrected chi connectivity index (χ3v) is 4.20. The summed E-state index contributed by atoms with van der Waals surface area (Å²) in [6.45, 7) is 0.978. The first kappa shape index (κ1) is 13.1. The van der Waals surface area contributed by atoms with Gasteiger partial charge in [0.15, 0.2) is 0 Å². The number of aliphatic hydroxyl groups excluding tert-OH is 1. The lowest BCUT2D eigenvalue weighted by atomic mass is 9.94. The maximum atomic E-state index is 13.5. The first-order valence-electron chi connectivity index (χ1n) is 6.76. The van der Waals surface area contributed by atoms with E-state index in [4.69, 9.17) is 11.6 Å². The van der Waals surface area contributed by atoms with Gasteiger partial charge in [0.2, 0.25) is 5.28 Å². The largest absolute Gasteiger partial charge is 0.394 e. The van der Waals surface area contributed by atoms with Crippen LogP contribution < -0.4 is 4.90 Å². The summed E-state index contributed by atoms with van der Waals surface area (Å²) >= 11 is 5.97. The molecule has 6 heteroatoms. The Morgan fingerprint density at radius 2 is 2.21 bits per heavy atom. The van der Waals surface area contributed by atoms with Crippen LogP contribution in [0.2, 0.25) is 5.28 Å². The molecular formula is C13H17ClFN3O. The lowest BCUT2D eigenvalue weighted by Gasteiger charge is -2.29. The molecule has 2 atom stereocenters. The molecule has 1 unspecified atom stereocenters. The smallest absolute Gasteiger partial charge is 0.224 e. The van der Waals surface area contributed by atoms with Gasteiger partial charge in [0.05, 0.1) is 18.3 Å². The van der Waals surface area contributed by atoms with E-state index in [1.54, 1.807) is 0 Å². The molecule has 1 saturated heterocycles. The first-order valence-corrected chi connectivity index (χ1v) is 7.13. The summed E-state index contributed by atoms with van der Waals surface area (Å²) in [5, 5.41) is 9.61. The summed E-state index contributed by atoms with van der Waals surface area (Å²) in [7, 11) is 0. The van der Waals surface area contributed by atoms with Gasteiger partial charge in [-0.15, -0.1) is 0 Å². The van der Waals surface area contributed by atoms with Gasteiger partial charge in [-0.2, -0.15) is 0 Å². The summed E-state index contributed by atoms with van der Waals surface area (Å²) in [6.07, 6.45) is 2.65. The zero-order valence-corrected chi connectivity index (χ0v) is 11.4. The van der Waals surface area contributed by atoms with Gasteiger partial charge in [-0.3, -0.25) is 0 Å². The molecule has 0 bridgehead atoms. The Bertz CT molecular complexity index is 485. The summed E-state index contributed by atoms with van der Waals surface area (Å²) < 4.78 is 13.5. The molecule has 0 amide bonds. The van der Waals surface area contributed by atoms with Crippen molar-refractivity contribution in [3.63, 3.8) is 0 Å². The third kappa shape index (κ3) is 2.41. The fourth-order valence-corrected chi connectivity index (χ4v) is 3.25. The van der Waals surface area contributed by atoms with Crippen molar-refractivity contribution in [1.29, 1.82) is 0 Å². The van der Waals surface area contributed by atoms with Gasteiger partial charge < -0.3 is 10.0 Å². The Morgan fingerprint density at radius 3 is 3.00 bits per heavy atom. The molecule has 1 aliphatic carbocycles. The highest BCUT2D eigenvalue weighted by atomic mass is 35.5. The van der Waals surface area contributed by atoms with E-state index in [1.807, 2.05) is 0 Å². The van der Waals surface area contributed by atoms with E-state index in [0.717, 1.165) is 36.5 Å². The molecule has 1 aliphatic heterocycles. The van der Waals surface area contributed by atoms with Crippen LogP contribution in [0.5, 0.6) is 0 Å². The highest BCUT2D eigenvalue weighted by Crippen LogP contribution is 2.33. The summed E-state index contributed by atoms with van der Waals surface area (Å²) in [5.74, 6) is 0.804. The zero-order valence-electron chi connectivity index (χ0n) is 10.6. The number of aromatic nitrogens is 2. The predicted molar refractivity (Wildman–Crippen MR) is 71.4 cm³/mol. The number of anilines is 1. The van der Waals surface area contributed by atoms with Crippen LogP contribution in [0.1, 0.15) is 30.5 Å². The Hall–Kier alpha value is -0.940. The third-order valence-electron chi connectivity index (χ3n) is 4.03. The number of rotatable bonds is 2. The van der Waals surface area contributed by atoms with Crippen molar-refractivity contribution in [2.24, 2.45) is 0 Å². The summed E-state index contributed by atoms with van der Waals surface area (Å²) in [5.41, 5.74) is 1.75. The van der Waals surface area contributed by atoms with Crippen LogP contribution in [0, 0.1) is 0 Å². The monoisotopic (exact) mass is 285 g/mol. The van der Waals surface area contributed by atoms with Crippen LogP contribution in [-0.2, 0) is 12.8 Å². The fraction of sp³-hybridized carbons (Fsp3) is 0.692. The number of fused-ring (bicyclic) bond motifs is 1. The van der Waals surface area contributed by atoms with Gasteiger partial charge in [0.25, 0.3) is 0 Å². The summed E-state index contributed by atoms with van der Waals surface area (Å²) in [6, 6.07) is 0.0955. The van der Waals surface area contributed by atoms with Crippen LogP contribution in [-0.4, -0.2) is 40.4 Å². The Balaban J connectivity index is 2.01. The van der Waals surface area contributed by atoms with E-state index >= 15 is 0 Å². The highest BCUT2D eigenvalue weighted by Gasteiger charge is 2.31. The zero-order chi connectivity index (χ0) is 13.4. The van der Waals surface area contributed by atoms with Crippen molar-refractivity contribution in [2.45, 2.75) is 44.3 Å². The van der Waals surface area contributed by atoms with Gasteiger partial charge in [0.1, 0.15) is 12.0 Å². The number of nitrogens with zero attached hydrogens (tertiary/aromatic N) is 3. The fourth-order valence-electron chi connectivity index (χ4n) is 3.07. The van der Waals surface area contributed by atoms with E-state index in [1.165, 1.54) is 0 Å². The van der Waals surface area contributed by atoms with Crippen molar-refractivity contribution >= 4 is 17.4 Å². The number of alkyl halides is 1. The molecule has 1 aromatic heterocycles. The second kappa shape index (κ2) is 5.21. The normalized spacial score (nSPS) is 26.6. The molecule has 0 saturated carbocycles. The van der Waals surface area contributed by atoms with Crippen molar-refractivity contribution in [3.05, 3.63) is 16.5 Å². The van der Waals surface area contributed by atoms with E-state index < -0.39 is 6.17 Å². The van der Waals surface area contributed by atoms with Crippen LogP contribution >= 0.6 is 11.6 Å². The molecule has 0 aromatic carbocycles. The lowest BCUT2D eigenvalue weighted by molar-refractivity contribution is 0.265. The average molecular weight is 286 g/mol. The van der Waals surface area contributed by atoms with E-state index in [-0.39, 0.29) is 17.9 Å². The molecule has 104 valence electrons. The molecule has 1 N–H and O–H groups in total. The maximum absolute atomic E-state index is 13.5. The number of hydrogen-bond donors (Lipinski definition) is 1. The van der Waals surface area contributed by atoms with E-state index in [2.05, 4.69) is 14.9 Å². The molecule has 0 radical (unpaired) electrons. The molecular weight excluding hydrogens is 269 g/mol. The number of aliphatic hydroxyl groups is 1. The Morgan fingerprint density at radius 1 is 1.37 bits per heavy atom. The van der Waals surface area contributed by atoms with Crippen molar-refractivity contribution in [2.75, 3.05) is 18.1 Å². The van der Waals surface area contributed by atoms with E-state index in [0.29, 0.717) is 19.3 Å². The Labute approximate surface area is 116 Å². The highest BCUT2D eigenvalue weighted by molar-refractivity contribution is 6.28. The molecule has 4 nitrogen and oxygen atoms in total. The van der Waals surface area contributed by atoms with Crippen molar-refractivity contribution < 1.29 is 9.50 Å². The second-order valence-corrected chi connectivity index (χ2v) is 5.59. The lowest BCUT2D eigenvalue weighted by Crippen LogP contribution is -2.34. The van der Waals surface area contributed by atoms with Crippen LogP contribution in [0.15, 0.2) is 0 Å². The minimum Gasteiger partial charge on any atom is -0.394 e. The standard InChI is InChI=1S/C13H17ClFN3O/c14-13-16-11-6-8(15)3-4-10(11)12(17-13)18-5-1-2-9(18)7-19/h8-9,19H,1-7H2/t8?,9-/m0/s1. The van der Waals surface area contributed by atoms with Gasteiger partial charge in [-0.1, -0.05) is 0 Å². The summed E-state index contributed by atoms with van der Waals surface area (Å²) in [4.78, 5) is 10.6. The molecule has 3 rings (SSSR count). The van der Waals surface area contributed by atoms with Gasteiger partial charge >= 0.3 is 0 Å². The maximum Gasteiger partial charge on any atom is 0.224 e. The Kier molecular flexibility index (Phi) is 3.58. The SMILES string of the molecule is OC[C@@H]1CCCN1c1nc(Cl)nc2c1CCC(F)C2. The van der Waals surface area contributed by atoms with Crippen molar-refractivity contribution in [1.82, 2.24) is 9.97 Å². The predicted octanol–water partition coefficient (Wildman–Crippen LogP) is 1.92. The van der Waals surface area contributed by atoms with Crippen LogP contribution in [0.25, 0.3) is 0 Å². The number of hydrogen-bond acceptors (Lipinski definition) is 4. The van der Waals surface area contributed by atoms with Crippen LogP contribution in [0.4, 0.5) is 10.2 Å². The molecule has 2 aliphatic rings. The quantitative estimate of drug-likeness (QED) is 0.844. The molecule has 0 spiro atoms. The minimum atomic E-state index is -0.835. The van der Waals surface area contributed by atoms with Gasteiger partial charge in [0, 0.05) is 18.5 Å². The van der Waals surface area contributed by atoms with Gasteiger partial charge in [-0.05, 0) is 37.3 Å². The number of halogens is 2. The average Bonchev–Trinajstić information content (AvgIpc) is 2.85. The topological polar surface area (TPSA) is 49.2 Å². The minimum absolute atomic E-state index is 0.0955. The van der Waals surface area contributed by atoms with E-state index in [9.17, 15) is 9.50 Å². The first-order chi connectivity index (χ1) is 9.19. The molecule has 1 aromatic rings. The molecule has 1 fully saturated rings. The molecule has 2 heterocycles. The van der Waals surface area contributed by atoms with Crippen molar-refractivity contribution in [3.8, 4) is 0 Å². The van der Waals surface area contributed by atoms with Crippen LogP contribution in [0.3, 0.4) is 0 Å². The second-order valence-electron chi connectivity index (χ2n) is 5.25. The van der Waals surface area contributed by atoms with Gasteiger partial charge in [-0.25, -0.2) is 14.4 Å².